The van der Waals surface area contributed by atoms with Crippen molar-refractivity contribution in [3.8, 4) is 0 Å². The smallest absolute Gasteiger partial charge is 0.244 e. The molecular weight excluding hydrogens is 364 g/mol. The van der Waals surface area contributed by atoms with Crippen molar-refractivity contribution in [3.63, 3.8) is 0 Å². The van der Waals surface area contributed by atoms with Gasteiger partial charge in [-0.3, -0.25) is 9.59 Å². The van der Waals surface area contributed by atoms with Crippen LogP contribution in [0, 0.1) is 6.92 Å². The zero-order chi connectivity index (χ0) is 20.2. The monoisotopic (exact) mass is 390 g/mol. The van der Waals surface area contributed by atoms with Crippen molar-refractivity contribution in [1.29, 1.82) is 0 Å². The van der Waals surface area contributed by atoms with E-state index in [4.69, 9.17) is 0 Å². The summed E-state index contributed by atoms with van der Waals surface area (Å²) in [6.45, 7) is 4.95. The average Bonchev–Trinajstić information content (AvgIpc) is 2.76. The molecule has 2 aliphatic heterocycles. The van der Waals surface area contributed by atoms with E-state index in [9.17, 15) is 9.59 Å². The minimum Gasteiger partial charge on any atom is -0.368 e. The van der Waals surface area contributed by atoms with Gasteiger partial charge in [0.2, 0.25) is 11.8 Å². The Labute approximate surface area is 171 Å². The first-order valence-electron chi connectivity index (χ1n) is 10.1. The molecule has 0 radical (unpaired) electrons. The standard InChI is InChI=1S/C23H26N4O2/c1-18-7-9-19(10-8-18)21-11-12-22(28)27(24-21)17-23(29)26-15-13-25(14-16-26)20-5-3-2-4-6-20/h2-10H,11-17H2,1H3. The second-order valence-corrected chi connectivity index (χ2v) is 7.57. The molecule has 0 aliphatic carbocycles. The van der Waals surface area contributed by atoms with E-state index >= 15 is 0 Å². The van der Waals surface area contributed by atoms with Gasteiger partial charge in [-0.25, -0.2) is 5.01 Å². The van der Waals surface area contributed by atoms with Gasteiger partial charge >= 0.3 is 0 Å². The van der Waals surface area contributed by atoms with Crippen molar-refractivity contribution in [3.05, 3.63) is 65.7 Å². The summed E-state index contributed by atoms with van der Waals surface area (Å²) in [5, 5.41) is 5.85. The summed E-state index contributed by atoms with van der Waals surface area (Å²) in [4.78, 5) is 29.2. The maximum atomic E-state index is 12.8. The van der Waals surface area contributed by atoms with Gasteiger partial charge in [-0.1, -0.05) is 48.0 Å². The molecule has 0 atom stereocenters. The summed E-state index contributed by atoms with van der Waals surface area (Å²) in [6, 6.07) is 18.4. The van der Waals surface area contributed by atoms with E-state index in [0.29, 0.717) is 25.9 Å². The second kappa shape index (κ2) is 8.47. The van der Waals surface area contributed by atoms with Crippen molar-refractivity contribution < 1.29 is 9.59 Å². The Hall–Kier alpha value is -3.15. The van der Waals surface area contributed by atoms with Crippen LogP contribution in [0.2, 0.25) is 0 Å². The van der Waals surface area contributed by atoms with Gasteiger partial charge in [0.15, 0.2) is 0 Å². The van der Waals surface area contributed by atoms with E-state index < -0.39 is 0 Å². The van der Waals surface area contributed by atoms with Crippen LogP contribution in [0.3, 0.4) is 0 Å². The Kier molecular flexibility index (Phi) is 5.60. The Balaban J connectivity index is 1.38. The van der Waals surface area contributed by atoms with Crippen molar-refractivity contribution >= 4 is 23.2 Å². The van der Waals surface area contributed by atoms with Gasteiger partial charge in [0.25, 0.3) is 0 Å². The third-order valence-corrected chi connectivity index (χ3v) is 5.53. The normalized spacial score (nSPS) is 17.3. The number of carbonyl (C=O) groups excluding carboxylic acids is 2. The summed E-state index contributed by atoms with van der Waals surface area (Å²) in [7, 11) is 0. The molecule has 0 saturated carbocycles. The number of piperazine rings is 1. The lowest BCUT2D eigenvalue weighted by atomic mass is 10.0. The Morgan fingerprint density at radius 3 is 2.31 bits per heavy atom. The number of hydrogen-bond donors (Lipinski definition) is 0. The van der Waals surface area contributed by atoms with Crippen LogP contribution in [0.15, 0.2) is 59.7 Å². The first-order valence-corrected chi connectivity index (χ1v) is 10.1. The van der Waals surface area contributed by atoms with E-state index in [-0.39, 0.29) is 18.4 Å². The molecule has 0 spiro atoms. The van der Waals surface area contributed by atoms with Crippen LogP contribution in [0.1, 0.15) is 24.0 Å². The van der Waals surface area contributed by atoms with Gasteiger partial charge in [-0.15, -0.1) is 0 Å². The lowest BCUT2D eigenvalue weighted by Crippen LogP contribution is -2.51. The van der Waals surface area contributed by atoms with Crippen LogP contribution in [-0.2, 0) is 9.59 Å². The molecule has 4 rings (SSSR count). The van der Waals surface area contributed by atoms with E-state index in [1.807, 2.05) is 54.3 Å². The Bertz CT molecular complexity index is 900. The lowest BCUT2D eigenvalue weighted by Gasteiger charge is -2.36. The van der Waals surface area contributed by atoms with Crippen molar-refractivity contribution in [2.24, 2.45) is 5.10 Å². The van der Waals surface area contributed by atoms with E-state index in [1.165, 1.54) is 16.3 Å². The Morgan fingerprint density at radius 1 is 0.931 bits per heavy atom. The summed E-state index contributed by atoms with van der Waals surface area (Å²) < 4.78 is 0. The minimum absolute atomic E-state index is 0.0134. The number of hydrazone groups is 1. The molecule has 1 saturated heterocycles. The topological polar surface area (TPSA) is 56.2 Å². The van der Waals surface area contributed by atoms with Crippen LogP contribution < -0.4 is 4.90 Å². The molecule has 29 heavy (non-hydrogen) atoms. The first kappa shape index (κ1) is 19.2. The van der Waals surface area contributed by atoms with Crippen LogP contribution in [-0.4, -0.2) is 60.2 Å². The predicted molar refractivity (Wildman–Crippen MR) is 114 cm³/mol. The number of anilines is 1. The zero-order valence-corrected chi connectivity index (χ0v) is 16.8. The number of nitrogens with zero attached hydrogens (tertiary/aromatic N) is 4. The van der Waals surface area contributed by atoms with E-state index in [2.05, 4.69) is 22.1 Å². The van der Waals surface area contributed by atoms with Crippen LogP contribution >= 0.6 is 0 Å². The zero-order valence-electron chi connectivity index (χ0n) is 16.8. The lowest BCUT2D eigenvalue weighted by molar-refractivity contribution is -0.141. The fourth-order valence-electron chi connectivity index (χ4n) is 3.76. The number of benzene rings is 2. The van der Waals surface area contributed by atoms with Gasteiger partial charge < -0.3 is 9.80 Å². The van der Waals surface area contributed by atoms with Gasteiger partial charge in [-0.05, 0) is 24.6 Å². The molecule has 0 unspecified atom stereocenters. The highest BCUT2D eigenvalue weighted by Gasteiger charge is 2.27. The van der Waals surface area contributed by atoms with Gasteiger partial charge in [-0.2, -0.15) is 5.10 Å². The Morgan fingerprint density at radius 2 is 1.62 bits per heavy atom. The third kappa shape index (κ3) is 4.47. The summed E-state index contributed by atoms with van der Waals surface area (Å²) in [5.41, 5.74) is 4.24. The summed E-state index contributed by atoms with van der Waals surface area (Å²) in [6.07, 6.45) is 1.00. The molecule has 1 fully saturated rings. The second-order valence-electron chi connectivity index (χ2n) is 7.57. The molecule has 0 bridgehead atoms. The van der Waals surface area contributed by atoms with Gasteiger partial charge in [0.1, 0.15) is 6.54 Å². The molecule has 2 amide bonds. The molecule has 6 heteroatoms. The van der Waals surface area contributed by atoms with Crippen molar-refractivity contribution in [2.45, 2.75) is 19.8 Å². The summed E-state index contributed by atoms with van der Waals surface area (Å²) >= 11 is 0. The van der Waals surface area contributed by atoms with Crippen molar-refractivity contribution in [2.75, 3.05) is 37.6 Å². The van der Waals surface area contributed by atoms with Crippen LogP contribution in [0.25, 0.3) is 0 Å². The van der Waals surface area contributed by atoms with E-state index in [1.54, 1.807) is 0 Å². The van der Waals surface area contributed by atoms with Crippen molar-refractivity contribution in [1.82, 2.24) is 9.91 Å². The van der Waals surface area contributed by atoms with E-state index in [0.717, 1.165) is 24.4 Å². The molecule has 2 aromatic carbocycles. The highest BCUT2D eigenvalue weighted by molar-refractivity contribution is 6.04. The molecule has 2 aliphatic rings. The average molecular weight is 390 g/mol. The SMILES string of the molecule is Cc1ccc(C2=NN(CC(=O)N3CCN(c4ccccc4)CC3)C(=O)CC2)cc1. The maximum Gasteiger partial charge on any atom is 0.244 e. The summed E-state index contributed by atoms with van der Waals surface area (Å²) in [5.74, 6) is -0.128. The molecule has 2 aromatic rings. The number of carbonyl (C=O) groups is 2. The number of amides is 2. The number of hydrogen-bond acceptors (Lipinski definition) is 4. The predicted octanol–water partition coefficient (Wildman–Crippen LogP) is 2.67. The van der Waals surface area contributed by atoms with Gasteiger partial charge in [0.05, 0.1) is 5.71 Å². The van der Waals surface area contributed by atoms with Gasteiger partial charge in [0, 0.05) is 44.7 Å². The molecule has 2 heterocycles. The molecule has 150 valence electrons. The largest absolute Gasteiger partial charge is 0.368 e. The van der Waals surface area contributed by atoms with Crippen LogP contribution in [0.5, 0.6) is 0 Å². The number of rotatable bonds is 4. The van der Waals surface area contributed by atoms with Crippen LogP contribution in [0.4, 0.5) is 5.69 Å². The minimum atomic E-state index is -0.0860. The quantitative estimate of drug-likeness (QED) is 0.807. The molecule has 0 N–H and O–H groups in total. The molecule has 6 nitrogen and oxygen atoms in total. The maximum absolute atomic E-state index is 12.8. The molecular formula is C23H26N4O2. The highest BCUT2D eigenvalue weighted by Crippen LogP contribution is 2.18. The highest BCUT2D eigenvalue weighted by atomic mass is 16.2. The fourth-order valence-corrected chi connectivity index (χ4v) is 3.76. The number of aryl methyl sites for hydroxylation is 1. The first-order chi connectivity index (χ1) is 14.1. The fraction of sp³-hybridized carbons (Fsp3) is 0.348. The number of para-hydroxylation sites is 1. The third-order valence-electron chi connectivity index (χ3n) is 5.53. The molecule has 0 aromatic heterocycles.